The largest absolute Gasteiger partial charge is 0.462 e. The van der Waals surface area contributed by atoms with Gasteiger partial charge in [-0.3, -0.25) is 10.1 Å². The van der Waals surface area contributed by atoms with Crippen LogP contribution in [0.3, 0.4) is 0 Å². The van der Waals surface area contributed by atoms with Crippen LogP contribution in [0.15, 0.2) is 0 Å². The molecule has 0 aliphatic rings. The van der Waals surface area contributed by atoms with Crippen molar-refractivity contribution in [3.8, 4) is 0 Å². The van der Waals surface area contributed by atoms with Gasteiger partial charge >= 0.3 is 5.97 Å². The predicted octanol–water partition coefficient (Wildman–Crippen LogP) is -0.523. The molecule has 0 fully saturated rings. The second-order valence-electron chi connectivity index (χ2n) is 2.12. The molecule has 0 aliphatic carbocycles. The third-order valence-corrected chi connectivity index (χ3v) is 0.748. The van der Waals surface area contributed by atoms with Gasteiger partial charge < -0.3 is 9.84 Å². The average molecular weight is 147 g/mol. The van der Waals surface area contributed by atoms with E-state index in [-0.39, 0.29) is 25.3 Å². The van der Waals surface area contributed by atoms with Crippen LogP contribution in [0.5, 0.6) is 0 Å². The van der Waals surface area contributed by atoms with Gasteiger partial charge in [0.15, 0.2) is 0 Å². The molecule has 0 bridgehead atoms. The van der Waals surface area contributed by atoms with Gasteiger partial charge in [0.2, 0.25) is 0 Å². The lowest BCUT2D eigenvalue weighted by Gasteiger charge is -2.06. The summed E-state index contributed by atoms with van der Waals surface area (Å²) in [4.78, 5) is 10.6. The fraction of sp³-hybridized carbons (Fsp3) is 0.833. The molecule has 4 heteroatoms. The molecule has 2 N–H and O–H groups in total. The van der Waals surface area contributed by atoms with E-state index in [1.54, 1.807) is 13.8 Å². The molecule has 0 aromatic rings. The smallest absolute Gasteiger partial charge is 0.320 e. The molecule has 0 amide bonds. The molecule has 60 valence electrons. The van der Waals surface area contributed by atoms with Crippen molar-refractivity contribution in [1.29, 1.82) is 0 Å². The molecule has 0 aromatic carbocycles. The maximum atomic E-state index is 10.6. The van der Waals surface area contributed by atoms with Crippen LogP contribution in [-0.2, 0) is 9.53 Å². The van der Waals surface area contributed by atoms with Crippen LogP contribution in [0, 0.1) is 0 Å². The number of hydrogen-bond donors (Lipinski definition) is 2. The number of ether oxygens (including phenoxy) is 1. The number of hydrogen-bond acceptors (Lipinski definition) is 4. The van der Waals surface area contributed by atoms with Gasteiger partial charge in [-0.2, -0.15) is 0 Å². The van der Waals surface area contributed by atoms with Crippen LogP contribution in [0.2, 0.25) is 0 Å². The van der Waals surface area contributed by atoms with Gasteiger partial charge in [0.05, 0.1) is 19.4 Å². The van der Waals surface area contributed by atoms with E-state index in [0.29, 0.717) is 0 Å². The molecule has 0 aromatic heterocycles. The van der Waals surface area contributed by atoms with Crippen molar-refractivity contribution in [1.82, 2.24) is 5.32 Å². The fourth-order valence-corrected chi connectivity index (χ4v) is 0.463. The van der Waals surface area contributed by atoms with Crippen molar-refractivity contribution >= 4 is 5.97 Å². The first-order valence-electron chi connectivity index (χ1n) is 3.18. The Kier molecular flexibility index (Phi) is 4.88. The summed E-state index contributed by atoms with van der Waals surface area (Å²) < 4.78 is 4.74. The van der Waals surface area contributed by atoms with E-state index in [4.69, 9.17) is 9.84 Å². The van der Waals surface area contributed by atoms with Crippen LogP contribution in [0.4, 0.5) is 0 Å². The van der Waals surface area contributed by atoms with Crippen molar-refractivity contribution in [2.45, 2.75) is 20.0 Å². The van der Waals surface area contributed by atoms with Crippen molar-refractivity contribution in [2.75, 3.05) is 13.3 Å². The molecule has 0 saturated heterocycles. The maximum Gasteiger partial charge on any atom is 0.320 e. The van der Waals surface area contributed by atoms with Crippen LogP contribution >= 0.6 is 0 Å². The molecule has 0 saturated carbocycles. The predicted molar refractivity (Wildman–Crippen MR) is 36.3 cm³/mol. The highest BCUT2D eigenvalue weighted by molar-refractivity contribution is 5.71. The summed E-state index contributed by atoms with van der Waals surface area (Å²) in [6.07, 6.45) is -0.0898. The molecule has 0 radical (unpaired) electrons. The molecule has 0 heterocycles. The van der Waals surface area contributed by atoms with Crippen LogP contribution in [0.25, 0.3) is 0 Å². The van der Waals surface area contributed by atoms with Crippen LogP contribution in [-0.4, -0.2) is 30.5 Å². The van der Waals surface area contributed by atoms with E-state index < -0.39 is 0 Å². The number of aliphatic hydroxyl groups is 1. The first-order valence-corrected chi connectivity index (χ1v) is 3.18. The molecule has 0 aliphatic heterocycles. The highest BCUT2D eigenvalue weighted by atomic mass is 16.5. The molecular weight excluding hydrogens is 134 g/mol. The van der Waals surface area contributed by atoms with Gasteiger partial charge in [0.25, 0.3) is 0 Å². The summed E-state index contributed by atoms with van der Waals surface area (Å²) in [6.45, 7) is 3.41. The molecule has 0 rings (SSSR count). The Morgan fingerprint density at radius 2 is 2.30 bits per heavy atom. The monoisotopic (exact) mass is 147 g/mol. The zero-order chi connectivity index (χ0) is 7.98. The van der Waals surface area contributed by atoms with Gasteiger partial charge in [0.1, 0.15) is 0 Å². The fourth-order valence-electron chi connectivity index (χ4n) is 0.463. The molecule has 0 spiro atoms. The Morgan fingerprint density at radius 1 is 1.70 bits per heavy atom. The summed E-state index contributed by atoms with van der Waals surface area (Å²) in [7, 11) is 0. The minimum atomic E-state index is -0.343. The first-order chi connectivity index (χ1) is 4.66. The summed E-state index contributed by atoms with van der Waals surface area (Å²) in [6, 6.07) is 0. The van der Waals surface area contributed by atoms with Gasteiger partial charge in [-0.1, -0.05) is 0 Å². The molecule has 10 heavy (non-hydrogen) atoms. The average Bonchev–Trinajstić information content (AvgIpc) is 1.82. The lowest BCUT2D eigenvalue weighted by Crippen LogP contribution is -2.27. The quantitative estimate of drug-likeness (QED) is 0.415. The van der Waals surface area contributed by atoms with E-state index in [1.165, 1.54) is 0 Å². The highest BCUT2D eigenvalue weighted by Crippen LogP contribution is 1.86. The molecule has 0 atom stereocenters. The Bertz CT molecular complexity index is 103. The van der Waals surface area contributed by atoms with Crippen molar-refractivity contribution < 1.29 is 14.6 Å². The normalized spacial score (nSPS) is 10.0. The first kappa shape index (κ1) is 9.39. The van der Waals surface area contributed by atoms with Gasteiger partial charge in [-0.25, -0.2) is 0 Å². The van der Waals surface area contributed by atoms with Crippen molar-refractivity contribution in [3.05, 3.63) is 0 Å². The second-order valence-corrected chi connectivity index (χ2v) is 2.12. The SMILES string of the molecule is CC(C)OC(=O)CNCO. The van der Waals surface area contributed by atoms with Crippen LogP contribution < -0.4 is 5.32 Å². The Hall–Kier alpha value is -0.610. The second kappa shape index (κ2) is 5.20. The molecular formula is C6H13NO3. The zero-order valence-corrected chi connectivity index (χ0v) is 6.26. The number of nitrogens with one attached hydrogen (secondary N) is 1. The maximum absolute atomic E-state index is 10.6. The van der Waals surface area contributed by atoms with E-state index in [0.717, 1.165) is 0 Å². The number of esters is 1. The van der Waals surface area contributed by atoms with E-state index in [1.807, 2.05) is 0 Å². The Morgan fingerprint density at radius 3 is 2.70 bits per heavy atom. The van der Waals surface area contributed by atoms with Gasteiger partial charge in [-0.15, -0.1) is 0 Å². The third-order valence-electron chi connectivity index (χ3n) is 0.748. The summed E-state index contributed by atoms with van der Waals surface area (Å²) >= 11 is 0. The van der Waals surface area contributed by atoms with E-state index >= 15 is 0 Å². The van der Waals surface area contributed by atoms with Gasteiger partial charge in [-0.05, 0) is 13.8 Å². The summed E-state index contributed by atoms with van der Waals surface area (Å²) in [5, 5.41) is 10.7. The van der Waals surface area contributed by atoms with E-state index in [9.17, 15) is 4.79 Å². The summed E-state index contributed by atoms with van der Waals surface area (Å²) in [5.41, 5.74) is 0. The van der Waals surface area contributed by atoms with Gasteiger partial charge in [0, 0.05) is 0 Å². The number of carbonyl (C=O) groups is 1. The number of rotatable bonds is 4. The van der Waals surface area contributed by atoms with Crippen molar-refractivity contribution in [2.24, 2.45) is 0 Å². The van der Waals surface area contributed by atoms with Crippen LogP contribution in [0.1, 0.15) is 13.8 Å². The summed E-state index contributed by atoms with van der Waals surface area (Å²) in [5.74, 6) is -0.343. The Labute approximate surface area is 60.2 Å². The number of aliphatic hydroxyl groups excluding tert-OH is 1. The topological polar surface area (TPSA) is 58.6 Å². The van der Waals surface area contributed by atoms with Crippen molar-refractivity contribution in [3.63, 3.8) is 0 Å². The number of carbonyl (C=O) groups excluding carboxylic acids is 1. The lowest BCUT2D eigenvalue weighted by atomic mass is 10.5. The lowest BCUT2D eigenvalue weighted by molar-refractivity contribution is -0.146. The molecule has 0 unspecified atom stereocenters. The van der Waals surface area contributed by atoms with E-state index in [2.05, 4.69) is 5.32 Å². The molecule has 4 nitrogen and oxygen atoms in total. The third kappa shape index (κ3) is 5.53. The highest BCUT2D eigenvalue weighted by Gasteiger charge is 2.02. The minimum Gasteiger partial charge on any atom is -0.462 e. The standard InChI is InChI=1S/C6H13NO3/c1-5(2)10-6(9)3-7-4-8/h5,7-8H,3-4H2,1-2H3. The Balaban J connectivity index is 3.26. The minimum absolute atomic E-state index is 0.0642. The zero-order valence-electron chi connectivity index (χ0n) is 6.26.